The average molecular weight is 1040 g/mol. The van der Waals surface area contributed by atoms with Gasteiger partial charge in [-0.2, -0.15) is 15.8 Å². The van der Waals surface area contributed by atoms with Gasteiger partial charge in [-0.05, 0) is 150 Å². The van der Waals surface area contributed by atoms with E-state index in [0.29, 0.717) is 50.6 Å². The minimum atomic E-state index is 0.348. The van der Waals surface area contributed by atoms with Crippen molar-refractivity contribution >= 4 is 55.9 Å². The summed E-state index contributed by atoms with van der Waals surface area (Å²) in [7, 11) is 0. The molecule has 11 aromatic carbocycles. The topological polar surface area (TPSA) is 109 Å². The molecule has 8 nitrogen and oxygen atoms in total. The van der Waals surface area contributed by atoms with Crippen LogP contribution in [0.3, 0.4) is 0 Å². The molecule has 8 heteroatoms. The zero-order valence-electron chi connectivity index (χ0n) is 43.6. The van der Waals surface area contributed by atoms with Gasteiger partial charge in [0, 0.05) is 67.3 Å². The maximum Gasteiger partial charge on any atom is 0.161 e. The van der Waals surface area contributed by atoms with Gasteiger partial charge in [-0.25, -0.2) is 9.97 Å². The van der Waals surface area contributed by atoms with Gasteiger partial charge < -0.3 is 14.4 Å². The van der Waals surface area contributed by atoms with Crippen LogP contribution in [0.4, 0.5) is 34.1 Å². The number of rotatable bonds is 12. The molecule has 0 atom stereocenters. The number of hydrogen-bond donors (Lipinski definition) is 0. The lowest BCUT2D eigenvalue weighted by molar-refractivity contribution is 1.18. The quantitative estimate of drug-likeness (QED) is 0.120. The van der Waals surface area contributed by atoms with Crippen LogP contribution in [0.2, 0.25) is 0 Å². The van der Waals surface area contributed by atoms with E-state index in [2.05, 4.69) is 239 Å². The van der Waals surface area contributed by atoms with Gasteiger partial charge in [0.15, 0.2) is 5.82 Å². The summed E-state index contributed by atoms with van der Waals surface area (Å²) in [4.78, 5) is 14.4. The molecule has 13 aromatic rings. The van der Waals surface area contributed by atoms with Crippen molar-refractivity contribution in [2.45, 2.75) is 0 Å². The fourth-order valence-electron chi connectivity index (χ4n) is 10.9. The predicted octanol–water partition coefficient (Wildman–Crippen LogP) is 18.5. The van der Waals surface area contributed by atoms with Crippen LogP contribution in [0.25, 0.3) is 83.6 Å². The summed E-state index contributed by atoms with van der Waals surface area (Å²) in [5, 5.41) is 32.9. The summed E-state index contributed by atoms with van der Waals surface area (Å²) in [5.74, 6) is 0.348. The zero-order valence-corrected chi connectivity index (χ0v) is 43.6. The van der Waals surface area contributed by atoms with Crippen molar-refractivity contribution in [2.75, 3.05) is 9.80 Å². The van der Waals surface area contributed by atoms with Gasteiger partial charge in [0.05, 0.1) is 57.3 Å². The van der Waals surface area contributed by atoms with E-state index in [1.807, 2.05) is 54.6 Å². The Labute approximate surface area is 469 Å². The Kier molecular flexibility index (Phi) is 12.9. The van der Waals surface area contributed by atoms with Crippen LogP contribution < -0.4 is 9.80 Å². The summed E-state index contributed by atoms with van der Waals surface area (Å²) >= 11 is 0. The highest BCUT2D eigenvalue weighted by atomic mass is 15.1. The minimum Gasteiger partial charge on any atom is -0.310 e. The van der Waals surface area contributed by atoms with E-state index in [1.54, 1.807) is 18.2 Å². The lowest BCUT2D eigenvalue weighted by atomic mass is 9.94. The molecule has 2 heterocycles. The van der Waals surface area contributed by atoms with Crippen molar-refractivity contribution < 1.29 is 0 Å². The Morgan fingerprint density at radius 1 is 0.296 bits per heavy atom. The fourth-order valence-corrected chi connectivity index (χ4v) is 10.9. The van der Waals surface area contributed by atoms with Crippen LogP contribution in [-0.4, -0.2) is 14.5 Å². The smallest absolute Gasteiger partial charge is 0.161 e. The van der Waals surface area contributed by atoms with Crippen LogP contribution in [0.15, 0.2) is 279 Å². The molecule has 0 saturated carbocycles. The van der Waals surface area contributed by atoms with Gasteiger partial charge in [0.25, 0.3) is 0 Å². The number of aromatic nitrogens is 3. The first-order valence-electron chi connectivity index (χ1n) is 26.6. The Morgan fingerprint density at radius 2 is 0.704 bits per heavy atom. The van der Waals surface area contributed by atoms with Gasteiger partial charge in [-0.15, -0.1) is 0 Å². The number of anilines is 6. The molecule has 0 N–H and O–H groups in total. The van der Waals surface area contributed by atoms with Crippen LogP contribution in [-0.2, 0) is 0 Å². The Morgan fingerprint density at radius 3 is 1.20 bits per heavy atom. The summed E-state index contributed by atoms with van der Waals surface area (Å²) in [6.07, 6.45) is 0. The SMILES string of the molecule is N#Cc1cc(-c2cc(-c3ccccc3C#N)nc(-c3ccccc3C#N)n2)ccc1-c1ccc(-c2ccc(-n3c4ccc(N(c5ccccc5)c5ccccc5)cc4c4cc(N(c5ccccc5)c5ccccc5)ccc43)cc2)cc1. The van der Waals surface area contributed by atoms with Gasteiger partial charge in [-0.1, -0.05) is 152 Å². The van der Waals surface area contributed by atoms with Gasteiger partial charge in [0.2, 0.25) is 0 Å². The lowest BCUT2D eigenvalue weighted by Crippen LogP contribution is -2.09. The predicted molar refractivity (Wildman–Crippen MR) is 327 cm³/mol. The van der Waals surface area contributed by atoms with E-state index >= 15 is 0 Å². The zero-order chi connectivity index (χ0) is 54.7. The molecule has 0 radical (unpaired) electrons. The molecular formula is C73H46N8. The first kappa shape index (κ1) is 49.0. The van der Waals surface area contributed by atoms with Gasteiger partial charge in [0.1, 0.15) is 0 Å². The minimum absolute atomic E-state index is 0.348. The maximum absolute atomic E-state index is 10.6. The van der Waals surface area contributed by atoms with E-state index in [1.165, 1.54) is 0 Å². The lowest BCUT2D eigenvalue weighted by Gasteiger charge is -2.26. The molecule has 0 aliphatic carbocycles. The van der Waals surface area contributed by atoms with E-state index in [-0.39, 0.29) is 0 Å². The molecular weight excluding hydrogens is 989 g/mol. The van der Waals surface area contributed by atoms with E-state index in [0.717, 1.165) is 83.9 Å². The number of fused-ring (bicyclic) bond motifs is 3. The second-order valence-corrected chi connectivity index (χ2v) is 19.5. The average Bonchev–Trinajstić information content (AvgIpc) is 3.96. The molecule has 0 spiro atoms. The van der Waals surface area contributed by atoms with Crippen molar-refractivity contribution in [3.8, 4) is 80.1 Å². The third kappa shape index (κ3) is 9.36. The highest BCUT2D eigenvalue weighted by Crippen LogP contribution is 2.43. The van der Waals surface area contributed by atoms with Crippen molar-refractivity contribution in [1.82, 2.24) is 14.5 Å². The highest BCUT2D eigenvalue weighted by molar-refractivity contribution is 6.12. The van der Waals surface area contributed by atoms with Gasteiger partial charge >= 0.3 is 0 Å². The molecule has 0 unspecified atom stereocenters. The van der Waals surface area contributed by atoms with Crippen LogP contribution >= 0.6 is 0 Å². The standard InChI is InChI=1S/C73H46N8/c74-47-54-17-13-15-27-65(54)70-46-69(77-73(78-70)66-28-16-14-18-55(66)48-75)53-35-40-64(56(43-53)49-76)52-31-29-50(30-32-52)51-33-36-61(37-34-51)81-71-41-38-62(79(57-19-5-1-6-20-57)58-21-7-2-8-22-58)44-67(71)68-45-63(39-42-72(68)81)80(59-23-9-3-10-24-59)60-25-11-4-12-26-60/h1-46H. The van der Waals surface area contributed by atoms with Crippen molar-refractivity contribution in [3.05, 3.63) is 296 Å². The molecule has 0 aliphatic heterocycles. The molecule has 0 fully saturated rings. The monoisotopic (exact) mass is 1030 g/mol. The normalized spacial score (nSPS) is 10.9. The maximum atomic E-state index is 10.6. The van der Waals surface area contributed by atoms with E-state index in [9.17, 15) is 15.8 Å². The number of para-hydroxylation sites is 4. The Bertz CT molecular complexity index is 4300. The Hall–Kier alpha value is -11.6. The van der Waals surface area contributed by atoms with E-state index < -0.39 is 0 Å². The molecule has 81 heavy (non-hydrogen) atoms. The fraction of sp³-hybridized carbons (Fsp3) is 0. The summed E-state index contributed by atoms with van der Waals surface area (Å²) in [6, 6.07) is 102. The largest absolute Gasteiger partial charge is 0.310 e. The van der Waals surface area contributed by atoms with Gasteiger partial charge in [-0.3, -0.25) is 0 Å². The summed E-state index contributed by atoms with van der Waals surface area (Å²) in [6.45, 7) is 0. The second-order valence-electron chi connectivity index (χ2n) is 19.5. The van der Waals surface area contributed by atoms with Crippen LogP contribution in [0, 0.1) is 34.0 Å². The van der Waals surface area contributed by atoms with Crippen LogP contribution in [0.5, 0.6) is 0 Å². The first-order valence-corrected chi connectivity index (χ1v) is 26.6. The van der Waals surface area contributed by atoms with Crippen LogP contribution in [0.1, 0.15) is 16.7 Å². The summed E-state index contributed by atoms with van der Waals surface area (Å²) < 4.78 is 2.36. The Balaban J connectivity index is 0.860. The molecule has 0 saturated heterocycles. The molecule has 0 bridgehead atoms. The summed E-state index contributed by atoms with van der Waals surface area (Å²) in [5.41, 5.74) is 17.8. The number of nitriles is 3. The molecule has 378 valence electrons. The van der Waals surface area contributed by atoms with Crippen molar-refractivity contribution in [2.24, 2.45) is 0 Å². The molecule has 13 rings (SSSR count). The van der Waals surface area contributed by atoms with Crippen molar-refractivity contribution in [1.29, 1.82) is 15.8 Å². The van der Waals surface area contributed by atoms with Crippen molar-refractivity contribution in [3.63, 3.8) is 0 Å². The second kappa shape index (κ2) is 21.4. The molecule has 0 aliphatic rings. The number of hydrogen-bond acceptors (Lipinski definition) is 7. The van der Waals surface area contributed by atoms with E-state index in [4.69, 9.17) is 9.97 Å². The highest BCUT2D eigenvalue weighted by Gasteiger charge is 2.21. The number of nitrogens with zero attached hydrogens (tertiary/aromatic N) is 8. The third-order valence-corrected chi connectivity index (χ3v) is 14.7. The first-order chi connectivity index (χ1) is 40.0. The molecule has 0 amide bonds. The number of benzene rings is 11. The third-order valence-electron chi connectivity index (χ3n) is 14.7. The molecule has 2 aromatic heterocycles.